The van der Waals surface area contributed by atoms with Gasteiger partial charge in [0.05, 0.1) is 11.6 Å². The van der Waals surface area contributed by atoms with Crippen LogP contribution in [0.5, 0.6) is 0 Å². The Hall–Kier alpha value is -2.17. The quantitative estimate of drug-likeness (QED) is 0.818. The number of fused-ring (bicyclic) bond motifs is 1. The van der Waals surface area contributed by atoms with Gasteiger partial charge in [-0.2, -0.15) is 0 Å². The minimum Gasteiger partial charge on any atom is -0.459 e. The number of aryl methyl sites for hydroxylation is 1. The number of hydrogen-bond donors (Lipinski definition) is 0. The van der Waals surface area contributed by atoms with Gasteiger partial charge >= 0.3 is 5.97 Å². The standard InChI is InChI=1S/C17H20N2O3/c1-12-6-5-9-15-18-14(10-16(20)19(12)15)11-22-17(21)13-7-3-2-4-8-13/h5-6,9-10,13H,2-4,7-8,11H2,1H3. The number of carbonyl (C=O) groups is 1. The molecule has 0 radical (unpaired) electrons. The van der Waals surface area contributed by atoms with Gasteiger partial charge in [-0.15, -0.1) is 0 Å². The van der Waals surface area contributed by atoms with Crippen molar-refractivity contribution < 1.29 is 9.53 Å². The predicted molar refractivity (Wildman–Crippen MR) is 82.6 cm³/mol. The molecule has 2 aromatic rings. The SMILES string of the molecule is Cc1cccc2nc(COC(=O)C3CCCCC3)cc(=O)n12. The lowest BCUT2D eigenvalue weighted by atomic mass is 9.89. The van der Waals surface area contributed by atoms with E-state index in [2.05, 4.69) is 4.98 Å². The summed E-state index contributed by atoms with van der Waals surface area (Å²) in [5, 5.41) is 0. The molecule has 1 aliphatic carbocycles. The van der Waals surface area contributed by atoms with Crippen LogP contribution in [0.15, 0.2) is 29.1 Å². The van der Waals surface area contributed by atoms with Crippen molar-refractivity contribution in [2.75, 3.05) is 0 Å². The van der Waals surface area contributed by atoms with Gasteiger partial charge in [-0.1, -0.05) is 25.3 Å². The molecule has 0 aromatic carbocycles. The molecular formula is C17H20N2O3. The summed E-state index contributed by atoms with van der Waals surface area (Å²) in [5.41, 5.74) is 1.77. The van der Waals surface area contributed by atoms with Crippen molar-refractivity contribution in [2.24, 2.45) is 5.92 Å². The lowest BCUT2D eigenvalue weighted by Crippen LogP contribution is -2.22. The first kappa shape index (κ1) is 14.8. The number of carbonyl (C=O) groups excluding carboxylic acids is 1. The molecule has 5 heteroatoms. The van der Waals surface area contributed by atoms with E-state index in [0.717, 1.165) is 31.4 Å². The van der Waals surface area contributed by atoms with Gasteiger partial charge in [0, 0.05) is 11.8 Å². The molecule has 1 fully saturated rings. The van der Waals surface area contributed by atoms with E-state index in [4.69, 9.17) is 4.74 Å². The number of ether oxygens (including phenoxy) is 1. The van der Waals surface area contributed by atoms with Crippen molar-refractivity contribution >= 4 is 11.6 Å². The molecular weight excluding hydrogens is 280 g/mol. The fourth-order valence-corrected chi connectivity index (χ4v) is 3.04. The van der Waals surface area contributed by atoms with Crippen LogP contribution < -0.4 is 5.56 Å². The van der Waals surface area contributed by atoms with Crippen LogP contribution in [0.25, 0.3) is 5.65 Å². The first-order valence-electron chi connectivity index (χ1n) is 7.80. The number of aromatic nitrogens is 2. The Morgan fingerprint density at radius 2 is 2.09 bits per heavy atom. The Morgan fingerprint density at radius 3 is 2.86 bits per heavy atom. The van der Waals surface area contributed by atoms with Gasteiger partial charge in [-0.25, -0.2) is 4.98 Å². The van der Waals surface area contributed by atoms with Gasteiger partial charge in [0.2, 0.25) is 0 Å². The summed E-state index contributed by atoms with van der Waals surface area (Å²) >= 11 is 0. The molecule has 3 rings (SSSR count). The second-order valence-electron chi connectivity index (χ2n) is 5.89. The highest BCUT2D eigenvalue weighted by Gasteiger charge is 2.22. The molecule has 116 valence electrons. The molecule has 2 heterocycles. The molecule has 0 unspecified atom stereocenters. The average Bonchev–Trinajstić information content (AvgIpc) is 2.53. The number of pyridine rings is 1. The average molecular weight is 300 g/mol. The smallest absolute Gasteiger partial charge is 0.309 e. The van der Waals surface area contributed by atoms with Crippen LogP contribution in [0.1, 0.15) is 43.5 Å². The molecule has 0 amide bonds. The summed E-state index contributed by atoms with van der Waals surface area (Å²) in [6, 6.07) is 6.93. The second-order valence-corrected chi connectivity index (χ2v) is 5.89. The molecule has 0 aliphatic heterocycles. The zero-order chi connectivity index (χ0) is 15.5. The van der Waals surface area contributed by atoms with Crippen molar-refractivity contribution in [3.63, 3.8) is 0 Å². The first-order valence-corrected chi connectivity index (χ1v) is 7.80. The Morgan fingerprint density at radius 1 is 1.32 bits per heavy atom. The maximum Gasteiger partial charge on any atom is 0.309 e. The highest BCUT2D eigenvalue weighted by Crippen LogP contribution is 2.24. The van der Waals surface area contributed by atoms with Crippen LogP contribution in [-0.2, 0) is 16.1 Å². The molecule has 0 N–H and O–H groups in total. The number of rotatable bonds is 3. The topological polar surface area (TPSA) is 60.7 Å². The van der Waals surface area contributed by atoms with E-state index >= 15 is 0 Å². The third-order valence-corrected chi connectivity index (χ3v) is 4.23. The fourth-order valence-electron chi connectivity index (χ4n) is 3.04. The van der Waals surface area contributed by atoms with Crippen molar-refractivity contribution in [1.29, 1.82) is 0 Å². The minimum absolute atomic E-state index is 0.0116. The van der Waals surface area contributed by atoms with E-state index in [0.29, 0.717) is 11.3 Å². The van der Waals surface area contributed by atoms with Crippen LogP contribution in [0.3, 0.4) is 0 Å². The van der Waals surface area contributed by atoms with Crippen molar-refractivity contribution in [2.45, 2.75) is 45.6 Å². The Balaban J connectivity index is 1.74. The molecule has 0 saturated heterocycles. The van der Waals surface area contributed by atoms with Gasteiger partial charge in [0.15, 0.2) is 0 Å². The van der Waals surface area contributed by atoms with Crippen molar-refractivity contribution in [3.05, 3.63) is 46.0 Å². The summed E-state index contributed by atoms with van der Waals surface area (Å²) in [6.45, 7) is 1.92. The molecule has 0 bridgehead atoms. The molecule has 0 spiro atoms. The summed E-state index contributed by atoms with van der Waals surface area (Å²) in [5.74, 6) is -0.150. The van der Waals surface area contributed by atoms with Gasteiger partial charge in [0.25, 0.3) is 5.56 Å². The van der Waals surface area contributed by atoms with Crippen molar-refractivity contribution in [1.82, 2.24) is 9.38 Å². The van der Waals surface area contributed by atoms with E-state index < -0.39 is 0 Å². The molecule has 1 saturated carbocycles. The van der Waals surface area contributed by atoms with E-state index in [9.17, 15) is 9.59 Å². The highest BCUT2D eigenvalue weighted by molar-refractivity contribution is 5.72. The fraction of sp³-hybridized carbons (Fsp3) is 0.471. The minimum atomic E-state index is -0.161. The summed E-state index contributed by atoms with van der Waals surface area (Å²) in [6.07, 6.45) is 5.20. The van der Waals surface area contributed by atoms with Crippen LogP contribution in [0.2, 0.25) is 0 Å². The summed E-state index contributed by atoms with van der Waals surface area (Å²) in [7, 11) is 0. The van der Waals surface area contributed by atoms with Gasteiger partial charge in [-0.3, -0.25) is 14.0 Å². The molecule has 0 atom stereocenters. The van der Waals surface area contributed by atoms with E-state index in [1.54, 1.807) is 10.5 Å². The van der Waals surface area contributed by atoms with E-state index in [1.807, 2.05) is 19.1 Å². The third-order valence-electron chi connectivity index (χ3n) is 4.23. The maximum absolute atomic E-state index is 12.1. The van der Waals surface area contributed by atoms with Crippen molar-refractivity contribution in [3.8, 4) is 0 Å². The second kappa shape index (κ2) is 6.30. The number of esters is 1. The zero-order valence-electron chi connectivity index (χ0n) is 12.7. The molecule has 2 aromatic heterocycles. The summed E-state index contributed by atoms with van der Waals surface area (Å²) < 4.78 is 6.90. The van der Waals surface area contributed by atoms with Crippen LogP contribution in [0.4, 0.5) is 0 Å². The van der Waals surface area contributed by atoms with Crippen LogP contribution in [0, 0.1) is 12.8 Å². The van der Waals surface area contributed by atoms with E-state index in [1.165, 1.54) is 12.5 Å². The number of nitrogens with zero attached hydrogens (tertiary/aromatic N) is 2. The maximum atomic E-state index is 12.1. The Labute approximate surface area is 128 Å². The molecule has 1 aliphatic rings. The normalized spacial score (nSPS) is 15.9. The summed E-state index contributed by atoms with van der Waals surface area (Å²) in [4.78, 5) is 28.6. The molecule has 22 heavy (non-hydrogen) atoms. The predicted octanol–water partition coefficient (Wildman–Crippen LogP) is 2.63. The van der Waals surface area contributed by atoms with E-state index in [-0.39, 0.29) is 24.1 Å². The Kier molecular flexibility index (Phi) is 4.22. The molecule has 5 nitrogen and oxygen atoms in total. The Bertz CT molecular complexity index is 745. The zero-order valence-corrected chi connectivity index (χ0v) is 12.7. The van der Waals surface area contributed by atoms with Gasteiger partial charge in [-0.05, 0) is 31.9 Å². The third kappa shape index (κ3) is 3.03. The lowest BCUT2D eigenvalue weighted by Gasteiger charge is -2.19. The first-order chi connectivity index (χ1) is 10.6. The van der Waals surface area contributed by atoms with Crippen LogP contribution in [-0.4, -0.2) is 15.4 Å². The highest BCUT2D eigenvalue weighted by atomic mass is 16.5. The number of hydrogen-bond acceptors (Lipinski definition) is 4. The van der Waals surface area contributed by atoms with Crippen LogP contribution >= 0.6 is 0 Å². The monoisotopic (exact) mass is 300 g/mol. The lowest BCUT2D eigenvalue weighted by molar-refractivity contribution is -0.151. The largest absolute Gasteiger partial charge is 0.459 e. The van der Waals surface area contributed by atoms with Gasteiger partial charge < -0.3 is 4.74 Å². The van der Waals surface area contributed by atoms with Gasteiger partial charge in [0.1, 0.15) is 12.3 Å².